The van der Waals surface area contributed by atoms with E-state index in [1.54, 1.807) is 6.20 Å². The summed E-state index contributed by atoms with van der Waals surface area (Å²) < 4.78 is 2.10. The van der Waals surface area contributed by atoms with Gasteiger partial charge in [-0.05, 0) is 12.8 Å². The third-order valence-electron chi connectivity index (χ3n) is 3.95. The maximum Gasteiger partial charge on any atom is 0.243 e. The van der Waals surface area contributed by atoms with Crippen LogP contribution in [0.4, 0.5) is 0 Å². The van der Waals surface area contributed by atoms with E-state index in [-0.39, 0.29) is 30.7 Å². The van der Waals surface area contributed by atoms with Gasteiger partial charge in [-0.25, -0.2) is 4.98 Å². The number of nitrogens with zero attached hydrogens (tertiary/aromatic N) is 3. The minimum absolute atomic E-state index is 0. The first kappa shape index (κ1) is 16.3. The molecular weight excluding hydrogens is 287 g/mol. The number of imidazole rings is 1. The minimum Gasteiger partial charge on any atom is -0.332 e. The summed E-state index contributed by atoms with van der Waals surface area (Å²) >= 11 is 0. The zero-order chi connectivity index (χ0) is 11.9. The van der Waals surface area contributed by atoms with E-state index in [1.165, 1.54) is 0 Å². The van der Waals surface area contributed by atoms with E-state index in [9.17, 15) is 4.79 Å². The quantitative estimate of drug-likeness (QED) is 0.851. The van der Waals surface area contributed by atoms with E-state index in [1.807, 2.05) is 11.1 Å². The van der Waals surface area contributed by atoms with Crippen LogP contribution >= 0.6 is 24.8 Å². The smallest absolute Gasteiger partial charge is 0.243 e. The number of halogens is 2. The van der Waals surface area contributed by atoms with Crippen LogP contribution in [0.2, 0.25) is 0 Å². The van der Waals surface area contributed by atoms with E-state index in [2.05, 4.69) is 9.55 Å². The third-order valence-corrected chi connectivity index (χ3v) is 3.95. The summed E-state index contributed by atoms with van der Waals surface area (Å²) in [5.41, 5.74) is 5.61. The maximum absolute atomic E-state index is 12.4. The van der Waals surface area contributed by atoms with Crippen molar-refractivity contribution in [2.24, 2.45) is 5.73 Å². The van der Waals surface area contributed by atoms with Gasteiger partial charge in [0.25, 0.3) is 0 Å². The van der Waals surface area contributed by atoms with E-state index in [4.69, 9.17) is 5.73 Å². The van der Waals surface area contributed by atoms with Crippen LogP contribution in [0.1, 0.15) is 31.5 Å². The summed E-state index contributed by atoms with van der Waals surface area (Å²) in [4.78, 5) is 18.6. The highest BCUT2D eigenvalue weighted by Gasteiger charge is 2.40. The summed E-state index contributed by atoms with van der Waals surface area (Å²) in [6.07, 6.45) is 7.56. The largest absolute Gasteiger partial charge is 0.332 e. The molecule has 19 heavy (non-hydrogen) atoms. The summed E-state index contributed by atoms with van der Waals surface area (Å²) in [5.74, 6) is 1.08. The molecule has 2 N–H and O–H groups in total. The SMILES string of the molecule is Cl.Cl.NC1(C(=O)N2CCn3ccnc3C2)CCCC1. The van der Waals surface area contributed by atoms with Gasteiger partial charge in [0.1, 0.15) is 5.82 Å². The molecule has 1 aromatic heterocycles. The predicted molar refractivity (Wildman–Crippen MR) is 77.5 cm³/mol. The number of carbonyl (C=O) groups is 1. The minimum atomic E-state index is -0.602. The molecule has 108 valence electrons. The molecule has 1 saturated carbocycles. The Hall–Kier alpha value is -0.780. The van der Waals surface area contributed by atoms with Crippen LogP contribution in [-0.2, 0) is 17.9 Å². The molecule has 1 aliphatic carbocycles. The van der Waals surface area contributed by atoms with Crippen molar-refractivity contribution in [3.63, 3.8) is 0 Å². The summed E-state index contributed by atoms with van der Waals surface area (Å²) in [5, 5.41) is 0. The Morgan fingerprint density at radius 2 is 1.95 bits per heavy atom. The van der Waals surface area contributed by atoms with Crippen LogP contribution in [0.3, 0.4) is 0 Å². The monoisotopic (exact) mass is 306 g/mol. The molecule has 1 amide bonds. The molecule has 0 atom stereocenters. The van der Waals surface area contributed by atoms with E-state index in [0.717, 1.165) is 44.6 Å². The second kappa shape index (κ2) is 6.11. The topological polar surface area (TPSA) is 64.2 Å². The molecule has 0 unspecified atom stereocenters. The van der Waals surface area contributed by atoms with Gasteiger partial charge in [-0.15, -0.1) is 24.8 Å². The molecule has 1 aromatic rings. The first-order valence-corrected chi connectivity index (χ1v) is 6.27. The fourth-order valence-corrected chi connectivity index (χ4v) is 2.88. The Labute approximate surface area is 125 Å². The summed E-state index contributed by atoms with van der Waals surface area (Å²) in [6.45, 7) is 2.18. The first-order chi connectivity index (χ1) is 8.19. The lowest BCUT2D eigenvalue weighted by Gasteiger charge is -2.34. The molecule has 1 aliphatic heterocycles. The molecule has 0 aromatic carbocycles. The van der Waals surface area contributed by atoms with Crippen molar-refractivity contribution in [1.82, 2.24) is 14.5 Å². The lowest BCUT2D eigenvalue weighted by Crippen LogP contribution is -2.55. The van der Waals surface area contributed by atoms with Crippen molar-refractivity contribution < 1.29 is 4.79 Å². The van der Waals surface area contributed by atoms with Gasteiger partial charge in [-0.3, -0.25) is 4.79 Å². The number of hydrogen-bond acceptors (Lipinski definition) is 3. The van der Waals surface area contributed by atoms with Crippen LogP contribution in [-0.4, -0.2) is 32.4 Å². The lowest BCUT2D eigenvalue weighted by atomic mass is 9.97. The van der Waals surface area contributed by atoms with Gasteiger partial charge in [-0.2, -0.15) is 0 Å². The molecule has 0 spiro atoms. The Bertz CT molecular complexity index is 443. The van der Waals surface area contributed by atoms with Crippen LogP contribution in [0.25, 0.3) is 0 Å². The van der Waals surface area contributed by atoms with Crippen LogP contribution in [0.15, 0.2) is 12.4 Å². The number of nitrogens with two attached hydrogens (primary N) is 1. The van der Waals surface area contributed by atoms with Crippen LogP contribution < -0.4 is 5.73 Å². The summed E-state index contributed by atoms with van der Waals surface area (Å²) in [7, 11) is 0. The number of carbonyl (C=O) groups excluding carboxylic acids is 1. The number of hydrogen-bond donors (Lipinski definition) is 1. The molecule has 0 bridgehead atoms. The number of amides is 1. The van der Waals surface area contributed by atoms with Crippen molar-refractivity contribution in [2.45, 2.75) is 44.3 Å². The fourth-order valence-electron chi connectivity index (χ4n) is 2.88. The van der Waals surface area contributed by atoms with Crippen molar-refractivity contribution >= 4 is 30.7 Å². The average Bonchev–Trinajstić information content (AvgIpc) is 2.96. The molecular formula is C12H20Cl2N4O. The molecule has 0 radical (unpaired) electrons. The van der Waals surface area contributed by atoms with E-state index >= 15 is 0 Å². The predicted octanol–water partition coefficient (Wildman–Crippen LogP) is 1.34. The van der Waals surface area contributed by atoms with Gasteiger partial charge in [0.05, 0.1) is 12.1 Å². The van der Waals surface area contributed by atoms with Crippen molar-refractivity contribution in [3.8, 4) is 0 Å². The Morgan fingerprint density at radius 3 is 2.63 bits per heavy atom. The van der Waals surface area contributed by atoms with Gasteiger partial charge < -0.3 is 15.2 Å². The molecule has 0 saturated heterocycles. The van der Waals surface area contributed by atoms with Gasteiger partial charge in [0, 0.05) is 25.5 Å². The van der Waals surface area contributed by atoms with Gasteiger partial charge in [0.2, 0.25) is 5.91 Å². The highest BCUT2D eigenvalue weighted by molar-refractivity contribution is 5.86. The van der Waals surface area contributed by atoms with Crippen molar-refractivity contribution in [1.29, 1.82) is 0 Å². The molecule has 5 nitrogen and oxygen atoms in total. The number of rotatable bonds is 1. The average molecular weight is 307 g/mol. The van der Waals surface area contributed by atoms with Crippen molar-refractivity contribution in [3.05, 3.63) is 18.2 Å². The first-order valence-electron chi connectivity index (χ1n) is 6.27. The Kier molecular flexibility index (Phi) is 5.24. The number of fused-ring (bicyclic) bond motifs is 1. The highest BCUT2D eigenvalue weighted by atomic mass is 35.5. The third kappa shape index (κ3) is 2.88. The molecule has 2 aliphatic rings. The van der Waals surface area contributed by atoms with E-state index in [0.29, 0.717) is 6.54 Å². The fraction of sp³-hybridized carbons (Fsp3) is 0.667. The van der Waals surface area contributed by atoms with Crippen molar-refractivity contribution in [2.75, 3.05) is 6.54 Å². The van der Waals surface area contributed by atoms with Gasteiger partial charge >= 0.3 is 0 Å². The zero-order valence-corrected chi connectivity index (χ0v) is 12.4. The summed E-state index contributed by atoms with van der Waals surface area (Å²) in [6, 6.07) is 0. The molecule has 2 heterocycles. The standard InChI is InChI=1S/C12H18N4O.2ClH/c13-12(3-1-2-4-12)11(17)16-8-7-15-6-5-14-10(15)9-16;;/h5-6H,1-4,7-9,13H2;2*1H. The lowest BCUT2D eigenvalue weighted by molar-refractivity contribution is -0.138. The molecule has 7 heteroatoms. The normalized spacial score (nSPS) is 20.2. The van der Waals surface area contributed by atoms with E-state index < -0.39 is 5.54 Å². The van der Waals surface area contributed by atoms with Crippen LogP contribution in [0.5, 0.6) is 0 Å². The Balaban J connectivity index is 0.000000902. The maximum atomic E-state index is 12.4. The molecule has 1 fully saturated rings. The number of aromatic nitrogens is 2. The second-order valence-electron chi connectivity index (χ2n) is 5.13. The Morgan fingerprint density at radius 1 is 1.26 bits per heavy atom. The van der Waals surface area contributed by atoms with Gasteiger partial charge in [-0.1, -0.05) is 12.8 Å². The molecule has 3 rings (SSSR count). The van der Waals surface area contributed by atoms with Gasteiger partial charge in [0.15, 0.2) is 0 Å². The second-order valence-corrected chi connectivity index (χ2v) is 5.13. The highest BCUT2D eigenvalue weighted by Crippen LogP contribution is 2.29. The van der Waals surface area contributed by atoms with Crippen LogP contribution in [0, 0.1) is 0 Å². The zero-order valence-electron chi connectivity index (χ0n) is 10.7.